The van der Waals surface area contributed by atoms with Crippen LogP contribution in [0.2, 0.25) is 0 Å². The van der Waals surface area contributed by atoms with Gasteiger partial charge in [0.15, 0.2) is 5.82 Å². The van der Waals surface area contributed by atoms with E-state index in [4.69, 9.17) is 5.73 Å². The average molecular weight is 366 g/mol. The quantitative estimate of drug-likeness (QED) is 0.704. The van der Waals surface area contributed by atoms with E-state index in [0.29, 0.717) is 17.4 Å². The maximum absolute atomic E-state index is 12.2. The number of anilines is 2. The summed E-state index contributed by atoms with van der Waals surface area (Å²) >= 11 is 0. The summed E-state index contributed by atoms with van der Waals surface area (Å²) in [7, 11) is 0. The number of carbonyl (C=O) groups excluding carboxylic acids is 3. The van der Waals surface area contributed by atoms with Crippen LogP contribution < -0.4 is 16.1 Å². The van der Waals surface area contributed by atoms with Crippen molar-refractivity contribution in [2.24, 2.45) is 10.8 Å². The van der Waals surface area contributed by atoms with Gasteiger partial charge in [0.25, 0.3) is 11.8 Å². The van der Waals surface area contributed by atoms with E-state index in [9.17, 15) is 14.4 Å². The van der Waals surface area contributed by atoms with Crippen LogP contribution in [0.3, 0.4) is 0 Å². The number of primary amides is 1. The molecular formula is C18H18N6O3. The Hall–Kier alpha value is -3.49. The molecular weight excluding hydrogens is 348 g/mol. The van der Waals surface area contributed by atoms with E-state index in [1.54, 1.807) is 24.3 Å². The van der Waals surface area contributed by atoms with Gasteiger partial charge in [-0.25, -0.2) is 0 Å². The SMILES string of the molecule is NC(=O)C1=NN(c2ccc(CC(=O)Nc3cc(C4CC4)[nH]n3)cc2)C(=O)C1. The molecule has 0 atom stereocenters. The second-order valence-electron chi connectivity index (χ2n) is 6.67. The zero-order valence-electron chi connectivity index (χ0n) is 14.4. The number of aromatic nitrogens is 2. The number of carbonyl (C=O) groups is 3. The van der Waals surface area contributed by atoms with Crippen molar-refractivity contribution in [3.63, 3.8) is 0 Å². The average Bonchev–Trinajstić information content (AvgIpc) is 3.26. The lowest BCUT2D eigenvalue weighted by molar-refractivity contribution is -0.117. The Morgan fingerprint density at radius 1 is 1.26 bits per heavy atom. The van der Waals surface area contributed by atoms with Crippen molar-refractivity contribution in [2.75, 3.05) is 10.3 Å². The fourth-order valence-corrected chi connectivity index (χ4v) is 2.90. The fourth-order valence-electron chi connectivity index (χ4n) is 2.90. The van der Waals surface area contributed by atoms with E-state index in [1.807, 2.05) is 6.07 Å². The van der Waals surface area contributed by atoms with Crippen LogP contribution in [0, 0.1) is 0 Å². The van der Waals surface area contributed by atoms with E-state index in [1.165, 1.54) is 0 Å². The minimum atomic E-state index is -0.706. The first kappa shape index (κ1) is 17.0. The van der Waals surface area contributed by atoms with Gasteiger partial charge in [-0.2, -0.15) is 15.2 Å². The molecule has 9 nitrogen and oxygen atoms in total. The van der Waals surface area contributed by atoms with Gasteiger partial charge in [0, 0.05) is 17.7 Å². The summed E-state index contributed by atoms with van der Waals surface area (Å²) in [5.41, 5.74) is 7.55. The first-order valence-corrected chi connectivity index (χ1v) is 8.64. The number of hydrazone groups is 1. The maximum atomic E-state index is 12.2. The van der Waals surface area contributed by atoms with E-state index in [-0.39, 0.29) is 30.4 Å². The van der Waals surface area contributed by atoms with Crippen LogP contribution in [0.25, 0.3) is 0 Å². The zero-order valence-corrected chi connectivity index (χ0v) is 14.4. The van der Waals surface area contributed by atoms with Gasteiger partial charge in [-0.05, 0) is 30.5 Å². The van der Waals surface area contributed by atoms with Gasteiger partial charge in [0.1, 0.15) is 5.71 Å². The number of amides is 3. The number of benzene rings is 1. The molecule has 0 bridgehead atoms. The van der Waals surface area contributed by atoms with Gasteiger partial charge in [0.05, 0.1) is 18.5 Å². The first-order chi connectivity index (χ1) is 13.0. The molecule has 2 heterocycles. The van der Waals surface area contributed by atoms with Gasteiger partial charge < -0.3 is 11.1 Å². The van der Waals surface area contributed by atoms with Crippen LogP contribution in [0.15, 0.2) is 35.4 Å². The van der Waals surface area contributed by atoms with Crippen LogP contribution in [-0.4, -0.2) is 33.6 Å². The Morgan fingerprint density at radius 3 is 2.63 bits per heavy atom. The molecule has 0 saturated heterocycles. The number of rotatable bonds is 6. The van der Waals surface area contributed by atoms with Crippen molar-refractivity contribution < 1.29 is 14.4 Å². The molecule has 2 aliphatic rings. The smallest absolute Gasteiger partial charge is 0.265 e. The summed E-state index contributed by atoms with van der Waals surface area (Å²) in [5, 5.41) is 14.9. The molecule has 27 heavy (non-hydrogen) atoms. The molecule has 1 aromatic carbocycles. The lowest BCUT2D eigenvalue weighted by Gasteiger charge is -2.12. The van der Waals surface area contributed by atoms with Crippen molar-refractivity contribution in [3.8, 4) is 0 Å². The normalized spacial score (nSPS) is 16.4. The predicted octanol–water partition coefficient (Wildman–Crippen LogP) is 1.05. The monoisotopic (exact) mass is 366 g/mol. The minimum Gasteiger partial charge on any atom is -0.364 e. The highest BCUT2D eigenvalue weighted by Crippen LogP contribution is 2.39. The van der Waals surface area contributed by atoms with Crippen LogP contribution in [0.1, 0.15) is 36.4 Å². The Morgan fingerprint density at radius 2 is 2.00 bits per heavy atom. The van der Waals surface area contributed by atoms with Crippen LogP contribution in [0.4, 0.5) is 11.5 Å². The Balaban J connectivity index is 1.38. The van der Waals surface area contributed by atoms with E-state index >= 15 is 0 Å². The topological polar surface area (TPSA) is 134 Å². The van der Waals surface area contributed by atoms with E-state index in [2.05, 4.69) is 20.6 Å². The van der Waals surface area contributed by atoms with Gasteiger partial charge in [-0.15, -0.1) is 0 Å². The van der Waals surface area contributed by atoms with Crippen molar-refractivity contribution in [1.29, 1.82) is 0 Å². The molecule has 4 N–H and O–H groups in total. The molecule has 2 aromatic rings. The standard InChI is InChI=1S/C18H18N6O3/c19-18(27)14-9-17(26)24(23-14)12-5-1-10(2-6-12)7-16(25)20-15-8-13(21-22-15)11-3-4-11/h1-2,5-6,8,11H,3-4,7,9H2,(H2,19,27)(H2,20,21,22,25). The highest BCUT2D eigenvalue weighted by Gasteiger charge is 2.28. The molecule has 9 heteroatoms. The van der Waals surface area contributed by atoms with E-state index in [0.717, 1.165) is 29.1 Å². The molecule has 0 unspecified atom stereocenters. The highest BCUT2D eigenvalue weighted by atomic mass is 16.2. The predicted molar refractivity (Wildman–Crippen MR) is 98.1 cm³/mol. The Bertz CT molecular complexity index is 942. The van der Waals surface area contributed by atoms with Crippen LogP contribution >= 0.6 is 0 Å². The third kappa shape index (κ3) is 3.71. The first-order valence-electron chi connectivity index (χ1n) is 8.64. The number of H-pyrrole nitrogens is 1. The summed E-state index contributed by atoms with van der Waals surface area (Å²) in [5.74, 6) is -0.138. The molecule has 1 aromatic heterocycles. The molecule has 4 rings (SSSR count). The number of aromatic amines is 1. The summed E-state index contributed by atoms with van der Waals surface area (Å²) in [6.07, 6.45) is 2.39. The third-order valence-electron chi connectivity index (χ3n) is 4.49. The number of hydrogen-bond acceptors (Lipinski definition) is 5. The molecule has 1 aliphatic carbocycles. The molecule has 1 aliphatic heterocycles. The van der Waals surface area contributed by atoms with Crippen molar-refractivity contribution >= 4 is 34.9 Å². The Labute approximate surface area is 154 Å². The van der Waals surface area contributed by atoms with Gasteiger partial charge in [-0.1, -0.05) is 12.1 Å². The molecule has 3 amide bonds. The lowest BCUT2D eigenvalue weighted by Crippen LogP contribution is -2.22. The summed E-state index contributed by atoms with van der Waals surface area (Å²) in [6.45, 7) is 0. The third-order valence-corrected chi connectivity index (χ3v) is 4.49. The van der Waals surface area contributed by atoms with Gasteiger partial charge >= 0.3 is 0 Å². The summed E-state index contributed by atoms with van der Waals surface area (Å²) in [6, 6.07) is 8.69. The highest BCUT2D eigenvalue weighted by molar-refractivity contribution is 6.44. The van der Waals surface area contributed by atoms with Crippen LogP contribution in [-0.2, 0) is 20.8 Å². The van der Waals surface area contributed by atoms with Crippen molar-refractivity contribution in [3.05, 3.63) is 41.6 Å². The van der Waals surface area contributed by atoms with Gasteiger partial charge in [0.2, 0.25) is 5.91 Å². The van der Waals surface area contributed by atoms with Gasteiger partial charge in [-0.3, -0.25) is 19.5 Å². The number of hydrogen-bond donors (Lipinski definition) is 3. The number of nitrogens with two attached hydrogens (primary N) is 1. The molecule has 0 spiro atoms. The fraction of sp³-hybridized carbons (Fsp3) is 0.278. The molecule has 1 saturated carbocycles. The second-order valence-corrected chi connectivity index (χ2v) is 6.67. The molecule has 138 valence electrons. The molecule has 0 radical (unpaired) electrons. The summed E-state index contributed by atoms with van der Waals surface area (Å²) < 4.78 is 0. The number of nitrogens with zero attached hydrogens (tertiary/aromatic N) is 3. The van der Waals surface area contributed by atoms with Crippen molar-refractivity contribution in [1.82, 2.24) is 10.2 Å². The largest absolute Gasteiger partial charge is 0.364 e. The van der Waals surface area contributed by atoms with E-state index < -0.39 is 5.91 Å². The summed E-state index contributed by atoms with van der Waals surface area (Å²) in [4.78, 5) is 35.3. The van der Waals surface area contributed by atoms with Crippen LogP contribution in [0.5, 0.6) is 0 Å². The molecule has 1 fully saturated rings. The number of nitrogens with one attached hydrogen (secondary N) is 2. The Kier molecular flexibility index (Phi) is 4.19. The zero-order chi connectivity index (χ0) is 19.0. The minimum absolute atomic E-state index is 0.0352. The maximum Gasteiger partial charge on any atom is 0.265 e. The lowest BCUT2D eigenvalue weighted by atomic mass is 10.1. The van der Waals surface area contributed by atoms with Crippen molar-refractivity contribution in [2.45, 2.75) is 31.6 Å². The second kappa shape index (κ2) is 6.67.